The number of amides is 3. The summed E-state index contributed by atoms with van der Waals surface area (Å²) in [5.41, 5.74) is 1.40. The monoisotopic (exact) mass is 617 g/mol. The van der Waals surface area contributed by atoms with E-state index >= 15 is 0 Å². The van der Waals surface area contributed by atoms with Gasteiger partial charge in [-0.1, -0.05) is 60.7 Å². The molecule has 0 spiro atoms. The highest BCUT2D eigenvalue weighted by Gasteiger charge is 2.58. The largest absolute Gasteiger partial charge is 0.448 e. The first kappa shape index (κ1) is 29.8. The summed E-state index contributed by atoms with van der Waals surface area (Å²) in [6, 6.07) is 17.6. The van der Waals surface area contributed by atoms with Crippen LogP contribution in [0.25, 0.3) is 0 Å². The Hall–Kier alpha value is -4.25. The van der Waals surface area contributed by atoms with Crippen molar-refractivity contribution in [1.29, 1.82) is 0 Å². The van der Waals surface area contributed by atoms with Crippen molar-refractivity contribution >= 4 is 34.7 Å². The van der Waals surface area contributed by atoms with Crippen LogP contribution in [0.4, 0.5) is 4.79 Å². The highest BCUT2D eigenvalue weighted by Crippen LogP contribution is 2.39. The van der Waals surface area contributed by atoms with Crippen LogP contribution in [0.5, 0.6) is 0 Å². The number of ether oxygens (including phenoxy) is 2. The van der Waals surface area contributed by atoms with E-state index in [-0.39, 0.29) is 23.4 Å². The summed E-state index contributed by atoms with van der Waals surface area (Å²) in [4.78, 5) is 56.4. The maximum atomic E-state index is 14.2. The number of nitrogens with zero attached hydrogens (tertiary/aromatic N) is 2. The molecule has 3 heterocycles. The number of nitrogens with one attached hydrogen (secondary N) is 1. The molecule has 2 aromatic carbocycles. The molecule has 0 aromatic heterocycles. The molecule has 0 bridgehead atoms. The van der Waals surface area contributed by atoms with Gasteiger partial charge in [-0.15, -0.1) is 0 Å². The number of alkyl carbamates (subject to hydrolysis) is 1. The number of allylic oxidation sites excluding steroid dienone is 1. The number of hydrogen-bond donors (Lipinski definition) is 1. The fourth-order valence-corrected chi connectivity index (χ4v) is 7.43. The van der Waals surface area contributed by atoms with E-state index in [0.717, 1.165) is 28.9 Å². The Morgan fingerprint density at radius 3 is 2.18 bits per heavy atom. The van der Waals surface area contributed by atoms with E-state index < -0.39 is 51.9 Å². The normalized spacial score (nSPS) is 24.4. The highest BCUT2D eigenvalue weighted by molar-refractivity contribution is 7.86. The Bertz CT molecular complexity index is 1540. The average Bonchev–Trinajstić information content (AvgIpc) is 3.77. The number of carbonyl (C=O) groups is 4. The van der Waals surface area contributed by atoms with Crippen LogP contribution in [-0.2, 0) is 34.7 Å². The number of esters is 1. The number of likely N-dealkylation sites (tertiary alicyclic amines) is 1. The number of fused-ring (bicyclic) bond motifs is 1. The summed E-state index contributed by atoms with van der Waals surface area (Å²) in [7, 11) is -1.69. The van der Waals surface area contributed by atoms with Gasteiger partial charge in [0.15, 0.2) is 6.10 Å². The molecule has 1 aliphatic carbocycles. The number of β-lactam (4-membered cyclic amide) rings is 1. The van der Waals surface area contributed by atoms with E-state index in [1.165, 1.54) is 0 Å². The summed E-state index contributed by atoms with van der Waals surface area (Å²) < 4.78 is 25.0. The minimum atomic E-state index is -1.69. The van der Waals surface area contributed by atoms with Gasteiger partial charge >= 0.3 is 12.1 Å². The van der Waals surface area contributed by atoms with Crippen molar-refractivity contribution < 1.29 is 32.9 Å². The predicted molar refractivity (Wildman–Crippen MR) is 162 cm³/mol. The lowest BCUT2D eigenvalue weighted by Gasteiger charge is -2.49. The van der Waals surface area contributed by atoms with Gasteiger partial charge in [0.2, 0.25) is 5.91 Å². The standard InChI is InChI=1S/C33H35N3O7S/c1-33(2,3)43-32(40)34-25-29(38)36-26(31(39)42-27(20-10-6-4-7-11-20)21-12-8-5-9-13-21)23(19-44(41)30(25)36)18-22-16-17-35(28(22)37)24-14-15-24/h4-13,18,24-25,27,30H,14-17,19H2,1-3H3,(H,34,40). The minimum Gasteiger partial charge on any atom is -0.448 e. The van der Waals surface area contributed by atoms with Crippen LogP contribution in [0.3, 0.4) is 0 Å². The number of carbonyl (C=O) groups excluding carboxylic acids is 4. The number of rotatable bonds is 7. The van der Waals surface area contributed by atoms with Crippen LogP contribution in [0.1, 0.15) is 57.3 Å². The Morgan fingerprint density at radius 1 is 1.00 bits per heavy atom. The fourth-order valence-electron chi connectivity index (χ4n) is 5.80. The Morgan fingerprint density at radius 2 is 1.61 bits per heavy atom. The van der Waals surface area contributed by atoms with Gasteiger partial charge in [0, 0.05) is 18.2 Å². The van der Waals surface area contributed by atoms with Crippen molar-refractivity contribution in [2.75, 3.05) is 12.3 Å². The SMILES string of the molecule is CC(C)(C)OC(=O)NC1C(=O)N2C(C(=O)OC(c3ccccc3)c3ccccc3)=C(C=C3CCN(C4CC4)C3=O)CS(=O)C12. The zero-order valence-electron chi connectivity index (χ0n) is 24.9. The molecule has 1 saturated carbocycles. The topological polar surface area (TPSA) is 122 Å². The van der Waals surface area contributed by atoms with Gasteiger partial charge in [0.05, 0.1) is 16.6 Å². The molecule has 3 atom stereocenters. The lowest BCUT2D eigenvalue weighted by Crippen LogP contribution is -2.73. The smallest absolute Gasteiger partial charge is 0.408 e. The van der Waals surface area contributed by atoms with E-state index in [0.29, 0.717) is 24.1 Å². The highest BCUT2D eigenvalue weighted by atomic mass is 32.2. The van der Waals surface area contributed by atoms with Gasteiger partial charge in [-0.2, -0.15) is 0 Å². The second-order valence-corrected chi connectivity index (χ2v) is 13.9. The van der Waals surface area contributed by atoms with E-state index in [4.69, 9.17) is 9.47 Å². The molecule has 3 aliphatic heterocycles. The summed E-state index contributed by atoms with van der Waals surface area (Å²) in [5, 5.41) is 1.54. The molecule has 0 radical (unpaired) electrons. The molecule has 1 N–H and O–H groups in total. The van der Waals surface area contributed by atoms with Crippen molar-refractivity contribution in [3.8, 4) is 0 Å². The second kappa shape index (κ2) is 11.7. The molecule has 3 unspecified atom stereocenters. The summed E-state index contributed by atoms with van der Waals surface area (Å²) in [5.74, 6) is -1.59. The van der Waals surface area contributed by atoms with E-state index in [2.05, 4.69) is 5.32 Å². The fraction of sp³-hybridized carbons (Fsp3) is 0.394. The number of benzene rings is 2. The summed E-state index contributed by atoms with van der Waals surface area (Å²) in [6.07, 6.45) is 2.43. The van der Waals surface area contributed by atoms with Gasteiger partial charge in [-0.25, -0.2) is 9.59 Å². The molecule has 10 nitrogen and oxygen atoms in total. The molecular weight excluding hydrogens is 582 g/mol. The zero-order chi connectivity index (χ0) is 31.2. The van der Waals surface area contributed by atoms with Crippen LogP contribution in [0.2, 0.25) is 0 Å². The molecule has 4 aliphatic rings. The third-order valence-corrected chi connectivity index (χ3v) is 9.56. The molecule has 2 saturated heterocycles. The summed E-state index contributed by atoms with van der Waals surface area (Å²) >= 11 is 0. The van der Waals surface area contributed by atoms with Crippen LogP contribution < -0.4 is 5.32 Å². The third-order valence-electron chi connectivity index (χ3n) is 7.94. The molecule has 2 aromatic rings. The quantitative estimate of drug-likeness (QED) is 0.286. The lowest BCUT2D eigenvalue weighted by atomic mass is 10.00. The van der Waals surface area contributed by atoms with E-state index in [1.807, 2.05) is 65.6 Å². The van der Waals surface area contributed by atoms with Crippen LogP contribution in [0, 0.1) is 0 Å². The summed E-state index contributed by atoms with van der Waals surface area (Å²) in [6.45, 7) is 5.67. The van der Waals surface area contributed by atoms with Crippen LogP contribution in [-0.4, -0.2) is 73.2 Å². The van der Waals surface area contributed by atoms with Gasteiger partial charge in [-0.05, 0) is 62.8 Å². The average molecular weight is 618 g/mol. The van der Waals surface area contributed by atoms with Gasteiger partial charge < -0.3 is 19.7 Å². The predicted octanol–water partition coefficient (Wildman–Crippen LogP) is 3.72. The van der Waals surface area contributed by atoms with E-state index in [9.17, 15) is 23.4 Å². The van der Waals surface area contributed by atoms with Gasteiger partial charge in [-0.3, -0.25) is 18.7 Å². The molecule has 3 fully saturated rings. The Kier molecular flexibility index (Phi) is 7.91. The van der Waals surface area contributed by atoms with Crippen molar-refractivity contribution in [3.05, 3.63) is 94.7 Å². The molecular formula is C33H35N3O7S. The van der Waals surface area contributed by atoms with Gasteiger partial charge in [0.1, 0.15) is 22.7 Å². The number of hydrogen-bond acceptors (Lipinski definition) is 7. The first-order chi connectivity index (χ1) is 21.0. The third kappa shape index (κ3) is 5.93. The van der Waals surface area contributed by atoms with Crippen LogP contribution >= 0.6 is 0 Å². The molecule has 6 rings (SSSR count). The molecule has 230 valence electrons. The first-order valence-electron chi connectivity index (χ1n) is 14.8. The maximum Gasteiger partial charge on any atom is 0.408 e. The Balaban J connectivity index is 1.36. The van der Waals surface area contributed by atoms with Crippen LogP contribution in [0.15, 0.2) is 83.6 Å². The van der Waals surface area contributed by atoms with Gasteiger partial charge in [0.25, 0.3) is 5.91 Å². The minimum absolute atomic E-state index is 0.0659. The van der Waals surface area contributed by atoms with Crippen molar-refractivity contribution in [1.82, 2.24) is 15.1 Å². The molecule has 44 heavy (non-hydrogen) atoms. The maximum absolute atomic E-state index is 14.2. The zero-order valence-corrected chi connectivity index (χ0v) is 25.7. The van der Waals surface area contributed by atoms with Crippen molar-refractivity contribution in [2.24, 2.45) is 0 Å². The molecule has 11 heteroatoms. The lowest BCUT2D eigenvalue weighted by molar-refractivity contribution is -0.153. The first-order valence-corrected chi connectivity index (χ1v) is 16.2. The van der Waals surface area contributed by atoms with E-state index in [1.54, 1.807) is 26.8 Å². The molecule has 3 amide bonds. The van der Waals surface area contributed by atoms with Crippen molar-refractivity contribution in [3.63, 3.8) is 0 Å². The Labute approximate surface area is 258 Å². The second-order valence-electron chi connectivity index (χ2n) is 12.4. The van der Waals surface area contributed by atoms with Crippen molar-refractivity contribution in [2.45, 2.75) is 69.2 Å².